The van der Waals surface area contributed by atoms with Gasteiger partial charge in [-0.3, -0.25) is 9.69 Å². The summed E-state index contributed by atoms with van der Waals surface area (Å²) in [5.74, 6) is 0.667. The predicted octanol–water partition coefficient (Wildman–Crippen LogP) is 2.48. The van der Waals surface area contributed by atoms with Gasteiger partial charge in [-0.1, -0.05) is 20.8 Å². The van der Waals surface area contributed by atoms with Gasteiger partial charge in [0.05, 0.1) is 10.6 Å². The van der Waals surface area contributed by atoms with E-state index in [0.717, 1.165) is 38.0 Å². The lowest BCUT2D eigenvalue weighted by molar-refractivity contribution is 0.0953. The van der Waals surface area contributed by atoms with Crippen LogP contribution in [0.1, 0.15) is 48.0 Å². The zero-order valence-corrected chi connectivity index (χ0v) is 13.5. The van der Waals surface area contributed by atoms with Gasteiger partial charge >= 0.3 is 0 Å². The molecule has 1 amide bonds. The molecule has 2 rings (SSSR count). The van der Waals surface area contributed by atoms with E-state index >= 15 is 0 Å². The largest absolute Gasteiger partial charge is 0.390 e. The van der Waals surface area contributed by atoms with Crippen LogP contribution < -0.4 is 11.1 Å². The molecule has 0 radical (unpaired) electrons. The van der Waals surface area contributed by atoms with E-state index in [1.54, 1.807) is 11.3 Å². The first kappa shape index (κ1) is 15.3. The average molecular weight is 295 g/mol. The van der Waals surface area contributed by atoms with Crippen molar-refractivity contribution in [2.45, 2.75) is 40.2 Å². The summed E-state index contributed by atoms with van der Waals surface area (Å²) in [4.78, 5) is 15.9. The van der Waals surface area contributed by atoms with Gasteiger partial charge in [-0.2, -0.15) is 0 Å². The molecule has 0 saturated carbocycles. The van der Waals surface area contributed by atoms with E-state index in [-0.39, 0.29) is 5.91 Å². The number of carbonyl (C=O) groups is 1. The van der Waals surface area contributed by atoms with Crippen molar-refractivity contribution in [2.75, 3.05) is 25.4 Å². The summed E-state index contributed by atoms with van der Waals surface area (Å²) in [5.41, 5.74) is 8.00. The Kier molecular flexibility index (Phi) is 5.05. The molecule has 1 aromatic heterocycles. The number of anilines is 1. The number of fused-ring (bicyclic) bond motifs is 1. The number of nitrogen functional groups attached to an aromatic ring is 1. The first-order valence-corrected chi connectivity index (χ1v) is 8.25. The van der Waals surface area contributed by atoms with Crippen LogP contribution in [0.15, 0.2) is 0 Å². The molecule has 4 nitrogen and oxygen atoms in total. The van der Waals surface area contributed by atoms with Crippen LogP contribution in [0.2, 0.25) is 0 Å². The second kappa shape index (κ2) is 6.59. The number of carbonyl (C=O) groups excluding carboxylic acids is 1. The van der Waals surface area contributed by atoms with Gasteiger partial charge in [-0.05, 0) is 24.3 Å². The Morgan fingerprint density at radius 3 is 2.90 bits per heavy atom. The Morgan fingerprint density at radius 2 is 2.25 bits per heavy atom. The van der Waals surface area contributed by atoms with Crippen LogP contribution >= 0.6 is 11.3 Å². The second-order valence-corrected chi connectivity index (χ2v) is 7.01. The van der Waals surface area contributed by atoms with Crippen molar-refractivity contribution in [1.82, 2.24) is 10.2 Å². The zero-order chi connectivity index (χ0) is 14.7. The molecule has 0 unspecified atom stereocenters. The van der Waals surface area contributed by atoms with Gasteiger partial charge in [-0.15, -0.1) is 11.3 Å². The molecular formula is C15H25N3OS. The second-order valence-electron chi connectivity index (χ2n) is 5.88. The smallest absolute Gasteiger partial charge is 0.254 e. The molecule has 20 heavy (non-hydrogen) atoms. The van der Waals surface area contributed by atoms with Crippen LogP contribution in [0.3, 0.4) is 0 Å². The number of nitrogens with zero attached hydrogens (tertiary/aromatic N) is 1. The molecule has 1 aromatic rings. The lowest BCUT2D eigenvalue weighted by Gasteiger charge is -2.28. The van der Waals surface area contributed by atoms with Crippen LogP contribution in [0, 0.1) is 5.92 Å². The monoisotopic (exact) mass is 295 g/mol. The summed E-state index contributed by atoms with van der Waals surface area (Å²) in [6, 6.07) is 0. The highest BCUT2D eigenvalue weighted by molar-refractivity contribution is 7.16. The van der Waals surface area contributed by atoms with Crippen LogP contribution in [0.25, 0.3) is 0 Å². The number of rotatable bonds is 5. The summed E-state index contributed by atoms with van der Waals surface area (Å²) < 4.78 is 0. The molecule has 0 aromatic carbocycles. The van der Waals surface area contributed by atoms with Crippen molar-refractivity contribution in [2.24, 2.45) is 5.92 Å². The summed E-state index contributed by atoms with van der Waals surface area (Å²) in [7, 11) is 0. The van der Waals surface area contributed by atoms with Gasteiger partial charge in [0.1, 0.15) is 0 Å². The average Bonchev–Trinajstić information content (AvgIpc) is 2.70. The van der Waals surface area contributed by atoms with Crippen molar-refractivity contribution in [3.05, 3.63) is 16.0 Å². The third-order valence-electron chi connectivity index (χ3n) is 3.55. The number of nitrogens with one attached hydrogen (secondary N) is 1. The van der Waals surface area contributed by atoms with Gasteiger partial charge in [0.2, 0.25) is 0 Å². The Balaban J connectivity index is 2.15. The number of nitrogens with two attached hydrogens (primary N) is 1. The first-order chi connectivity index (χ1) is 9.52. The molecule has 0 spiro atoms. The van der Waals surface area contributed by atoms with E-state index in [4.69, 9.17) is 5.73 Å². The Hall–Kier alpha value is -1.07. The summed E-state index contributed by atoms with van der Waals surface area (Å²) >= 11 is 1.58. The third-order valence-corrected chi connectivity index (χ3v) is 4.60. The van der Waals surface area contributed by atoms with E-state index in [1.807, 2.05) is 0 Å². The van der Waals surface area contributed by atoms with Gasteiger partial charge in [0, 0.05) is 31.1 Å². The van der Waals surface area contributed by atoms with Crippen molar-refractivity contribution in [1.29, 1.82) is 0 Å². The lowest BCUT2D eigenvalue weighted by atomic mass is 10.0. The third kappa shape index (κ3) is 3.33. The summed E-state index contributed by atoms with van der Waals surface area (Å²) in [6.07, 6.45) is 1.88. The molecule has 0 atom stereocenters. The fourth-order valence-electron chi connectivity index (χ4n) is 2.73. The Bertz CT molecular complexity index is 482. The minimum Gasteiger partial charge on any atom is -0.390 e. The van der Waals surface area contributed by atoms with Gasteiger partial charge < -0.3 is 11.1 Å². The molecule has 2 heterocycles. The van der Waals surface area contributed by atoms with E-state index < -0.39 is 0 Å². The molecule has 1 aliphatic rings. The molecule has 0 fully saturated rings. The summed E-state index contributed by atoms with van der Waals surface area (Å²) in [6.45, 7) is 10.3. The minimum atomic E-state index is -0.000778. The van der Waals surface area contributed by atoms with E-state index in [1.165, 1.54) is 10.4 Å². The first-order valence-electron chi connectivity index (χ1n) is 7.43. The standard InChI is InChI=1S/C15H25N3OS/c1-4-6-17-15(19)13-11-5-7-18(8-10(2)3)9-12(11)20-14(13)16/h10H,4-9,16H2,1-3H3,(H,17,19). The van der Waals surface area contributed by atoms with Crippen molar-refractivity contribution < 1.29 is 4.79 Å². The highest BCUT2D eigenvalue weighted by atomic mass is 32.1. The van der Waals surface area contributed by atoms with Crippen LogP contribution in [0.5, 0.6) is 0 Å². The van der Waals surface area contributed by atoms with Crippen LogP contribution in [0.4, 0.5) is 5.00 Å². The topological polar surface area (TPSA) is 58.4 Å². The van der Waals surface area contributed by atoms with Gasteiger partial charge in [0.15, 0.2) is 0 Å². The van der Waals surface area contributed by atoms with E-state index in [2.05, 4.69) is 31.0 Å². The van der Waals surface area contributed by atoms with E-state index in [9.17, 15) is 4.79 Å². The van der Waals surface area contributed by atoms with Crippen molar-refractivity contribution in [3.63, 3.8) is 0 Å². The van der Waals surface area contributed by atoms with Crippen LogP contribution in [-0.2, 0) is 13.0 Å². The Labute approximate surface area is 125 Å². The molecule has 112 valence electrons. The fraction of sp³-hybridized carbons (Fsp3) is 0.667. The zero-order valence-electron chi connectivity index (χ0n) is 12.7. The minimum absolute atomic E-state index is 0.000778. The maximum Gasteiger partial charge on any atom is 0.254 e. The maximum absolute atomic E-state index is 12.2. The normalized spacial score (nSPS) is 15.4. The molecule has 5 heteroatoms. The van der Waals surface area contributed by atoms with Crippen LogP contribution in [-0.4, -0.2) is 30.4 Å². The highest BCUT2D eigenvalue weighted by Crippen LogP contribution is 2.35. The number of hydrogen-bond acceptors (Lipinski definition) is 4. The van der Waals surface area contributed by atoms with E-state index in [0.29, 0.717) is 17.5 Å². The molecule has 0 bridgehead atoms. The molecular weight excluding hydrogens is 270 g/mol. The number of thiophene rings is 1. The molecule has 3 N–H and O–H groups in total. The lowest BCUT2D eigenvalue weighted by Crippen LogP contribution is -2.34. The summed E-state index contributed by atoms with van der Waals surface area (Å²) in [5, 5.41) is 3.62. The van der Waals surface area contributed by atoms with Gasteiger partial charge in [0.25, 0.3) is 5.91 Å². The number of amides is 1. The Morgan fingerprint density at radius 1 is 1.50 bits per heavy atom. The maximum atomic E-state index is 12.2. The highest BCUT2D eigenvalue weighted by Gasteiger charge is 2.26. The molecule has 1 aliphatic heterocycles. The number of hydrogen-bond donors (Lipinski definition) is 2. The molecule has 0 aliphatic carbocycles. The van der Waals surface area contributed by atoms with Crippen molar-refractivity contribution in [3.8, 4) is 0 Å². The predicted molar refractivity (Wildman–Crippen MR) is 85.2 cm³/mol. The fourth-order valence-corrected chi connectivity index (χ4v) is 3.88. The molecule has 0 saturated heterocycles. The van der Waals surface area contributed by atoms with Crippen molar-refractivity contribution >= 4 is 22.2 Å². The quantitative estimate of drug-likeness (QED) is 0.877. The van der Waals surface area contributed by atoms with Gasteiger partial charge in [-0.25, -0.2) is 0 Å². The SMILES string of the molecule is CCCNC(=O)c1c(N)sc2c1CCN(CC(C)C)C2.